The topological polar surface area (TPSA) is 52.6 Å². The summed E-state index contributed by atoms with van der Waals surface area (Å²) in [4.78, 5) is 0. The van der Waals surface area contributed by atoms with Crippen LogP contribution in [0, 0.1) is 0 Å². The smallest absolute Gasteiger partial charge is 0.491 e. The molecule has 0 aliphatic carbocycles. The number of rotatable bonds is 21. The molecule has 0 aliphatic heterocycles. The summed E-state index contributed by atoms with van der Waals surface area (Å²) in [5.74, 6) is 0.870. The van der Waals surface area contributed by atoms with Gasteiger partial charge in [0.1, 0.15) is 12.4 Å². The minimum Gasteiger partial charge on any atom is -0.491 e. The van der Waals surface area contributed by atoms with E-state index in [-0.39, 0.29) is 42.8 Å². The molecule has 4 nitrogen and oxygen atoms in total. The second-order valence-electron chi connectivity index (χ2n) is 8.56. The van der Waals surface area contributed by atoms with Crippen LogP contribution in [0.4, 0.5) is 0 Å². The van der Waals surface area contributed by atoms with Gasteiger partial charge >= 0.3 is 29.6 Å². The molecule has 0 saturated carbocycles. The average Bonchev–Trinajstić information content (AvgIpc) is 2.76. The molecule has 6 heteroatoms. The van der Waals surface area contributed by atoms with Crippen molar-refractivity contribution in [2.24, 2.45) is 0 Å². The van der Waals surface area contributed by atoms with E-state index in [0.717, 1.165) is 18.6 Å². The molecule has 0 unspecified atom stereocenters. The van der Waals surface area contributed by atoms with Crippen molar-refractivity contribution in [3.05, 3.63) is 29.3 Å². The summed E-state index contributed by atoms with van der Waals surface area (Å²) in [6, 6.07) is 6.52. The van der Waals surface area contributed by atoms with Gasteiger partial charge < -0.3 is 17.3 Å². The van der Waals surface area contributed by atoms with Gasteiger partial charge in [-0.15, -0.1) is 0 Å². The molecule has 0 atom stereocenters. The van der Waals surface area contributed by atoms with E-state index in [4.69, 9.17) is 4.74 Å². The molecule has 0 saturated heterocycles. The summed E-state index contributed by atoms with van der Waals surface area (Å²) in [6.45, 7) is 4.80. The molecule has 0 aromatic heterocycles. The Balaban J connectivity index is 0.00000961. The van der Waals surface area contributed by atoms with Gasteiger partial charge in [0.2, 0.25) is 0 Å². The third-order valence-electron chi connectivity index (χ3n) is 5.76. The molecule has 180 valence electrons. The maximum absolute atomic E-state index is 10.5. The Morgan fingerprint density at radius 3 is 1.78 bits per heavy atom. The van der Waals surface area contributed by atoms with Crippen molar-refractivity contribution in [1.82, 2.24) is 0 Å². The summed E-state index contributed by atoms with van der Waals surface area (Å²) < 4.78 is 31.4. The third kappa shape index (κ3) is 17.4. The van der Waals surface area contributed by atoms with E-state index < -0.39 is 11.0 Å². The first-order valence-corrected chi connectivity index (χ1v) is 13.6. The molecule has 0 spiro atoms. The van der Waals surface area contributed by atoms with E-state index in [2.05, 4.69) is 36.2 Å². The van der Waals surface area contributed by atoms with Gasteiger partial charge in [-0.1, -0.05) is 103 Å². The van der Waals surface area contributed by atoms with Crippen LogP contribution < -0.4 is 34.3 Å². The Hall–Kier alpha value is -0.0700. The first-order chi connectivity index (χ1) is 15.2. The zero-order valence-electron chi connectivity index (χ0n) is 21.0. The zero-order valence-corrected chi connectivity index (χ0v) is 23.8. The van der Waals surface area contributed by atoms with Gasteiger partial charge in [0.05, 0.1) is 17.6 Å². The van der Waals surface area contributed by atoms with Gasteiger partial charge in [0, 0.05) is 0 Å². The minimum absolute atomic E-state index is 0. The van der Waals surface area contributed by atoms with Crippen LogP contribution in [0.2, 0.25) is 0 Å². The first-order valence-electron chi connectivity index (χ1n) is 12.6. The van der Waals surface area contributed by atoms with E-state index in [0.29, 0.717) is 0 Å². The van der Waals surface area contributed by atoms with Gasteiger partial charge in [-0.25, -0.2) is 0 Å². The number of aryl methyl sites for hydroxylation is 2. The second-order valence-corrected chi connectivity index (χ2v) is 9.20. The SMILES string of the molecule is CCCCCCCCCc1ccc(OCCO[S-](=O)=O)c(CCCCCCCCC)c1.[Na+]. The summed E-state index contributed by atoms with van der Waals surface area (Å²) in [6.07, 6.45) is 20.5. The molecule has 1 rings (SSSR count). The van der Waals surface area contributed by atoms with Crippen LogP contribution in [0.1, 0.15) is 115 Å². The number of ether oxygens (including phenoxy) is 1. The molecule has 0 N–H and O–H groups in total. The third-order valence-corrected chi connectivity index (χ3v) is 6.12. The number of benzene rings is 1. The Morgan fingerprint density at radius 2 is 1.22 bits per heavy atom. The normalized spacial score (nSPS) is 11.0. The number of unbranched alkanes of at least 4 members (excludes halogenated alkanes) is 12. The van der Waals surface area contributed by atoms with Crippen LogP contribution >= 0.6 is 0 Å². The Morgan fingerprint density at radius 1 is 0.688 bits per heavy atom. The van der Waals surface area contributed by atoms with Crippen molar-refractivity contribution >= 4 is 11.0 Å². The standard InChI is InChI=1S/C26H45O4S.Na/c1-3-5-7-9-11-13-15-17-24-19-20-26(29-21-22-30-31(27)28)25(23-24)18-16-14-12-10-8-6-4-2;/h19-20,23H,3-18,21-22H2,1-2H3;/q-1;+1. The fourth-order valence-corrected chi connectivity index (χ4v) is 4.14. The molecule has 0 radical (unpaired) electrons. The van der Waals surface area contributed by atoms with E-state index in [9.17, 15) is 8.42 Å². The molecule has 1 aromatic carbocycles. The van der Waals surface area contributed by atoms with Crippen molar-refractivity contribution in [1.29, 1.82) is 0 Å². The van der Waals surface area contributed by atoms with Crippen LogP contribution in [0.3, 0.4) is 0 Å². The van der Waals surface area contributed by atoms with Gasteiger partial charge in [-0.2, -0.15) is 0 Å². The van der Waals surface area contributed by atoms with Crippen molar-refractivity contribution in [2.45, 2.75) is 117 Å². The number of hydrogen-bond donors (Lipinski definition) is 0. The molecule has 0 amide bonds. The quantitative estimate of drug-likeness (QED) is 0.144. The fourth-order valence-electron chi connectivity index (χ4n) is 3.94. The van der Waals surface area contributed by atoms with E-state index in [1.165, 1.54) is 101 Å². The van der Waals surface area contributed by atoms with Crippen LogP contribution in [0.5, 0.6) is 5.75 Å². The molecule has 0 heterocycles. The Labute approximate surface area is 221 Å². The molecule has 0 fully saturated rings. The summed E-state index contributed by atoms with van der Waals surface area (Å²) in [5, 5.41) is 0. The van der Waals surface area contributed by atoms with E-state index in [1.807, 2.05) is 0 Å². The summed E-state index contributed by atoms with van der Waals surface area (Å²) in [5.41, 5.74) is 2.63. The molecular weight excluding hydrogens is 431 g/mol. The first kappa shape index (κ1) is 31.9. The van der Waals surface area contributed by atoms with Gasteiger partial charge in [0.25, 0.3) is 0 Å². The minimum atomic E-state index is -2.48. The molecule has 1 aromatic rings. The molecule has 32 heavy (non-hydrogen) atoms. The second kappa shape index (κ2) is 22.7. The van der Waals surface area contributed by atoms with Crippen LogP contribution in [-0.4, -0.2) is 13.2 Å². The Kier molecular flexibility index (Phi) is 22.7. The predicted molar refractivity (Wildman–Crippen MR) is 130 cm³/mol. The number of hydrogen-bond acceptors (Lipinski definition) is 5. The van der Waals surface area contributed by atoms with Crippen LogP contribution in [0.15, 0.2) is 18.2 Å². The van der Waals surface area contributed by atoms with Crippen molar-refractivity contribution in [3.8, 4) is 5.75 Å². The largest absolute Gasteiger partial charge is 1.00 e. The fraction of sp³-hybridized carbons (Fsp3) is 0.769. The van der Waals surface area contributed by atoms with Crippen molar-refractivity contribution in [2.75, 3.05) is 13.2 Å². The van der Waals surface area contributed by atoms with Crippen molar-refractivity contribution < 1.29 is 46.9 Å². The average molecular weight is 477 g/mol. The summed E-state index contributed by atoms with van der Waals surface area (Å²) in [7, 11) is -2.48. The van der Waals surface area contributed by atoms with Crippen LogP contribution in [0.25, 0.3) is 0 Å². The predicted octanol–water partition coefficient (Wildman–Crippen LogP) is 4.90. The van der Waals surface area contributed by atoms with Crippen molar-refractivity contribution in [3.63, 3.8) is 0 Å². The monoisotopic (exact) mass is 476 g/mol. The summed E-state index contributed by atoms with van der Waals surface area (Å²) >= 11 is 0. The van der Waals surface area contributed by atoms with E-state index in [1.54, 1.807) is 0 Å². The Bertz CT molecular complexity index is 626. The molecule has 0 bridgehead atoms. The molecular formula is C26H45NaO4S. The van der Waals surface area contributed by atoms with E-state index >= 15 is 0 Å². The maximum Gasteiger partial charge on any atom is 1.00 e. The van der Waals surface area contributed by atoms with Crippen LogP contribution in [-0.2, 0) is 36.4 Å². The maximum atomic E-state index is 10.5. The van der Waals surface area contributed by atoms with Gasteiger partial charge in [0.15, 0.2) is 0 Å². The van der Waals surface area contributed by atoms with Gasteiger partial charge in [-0.3, -0.25) is 0 Å². The molecule has 0 aliphatic rings. The zero-order chi connectivity index (χ0) is 22.6. The van der Waals surface area contributed by atoms with Gasteiger partial charge in [-0.05, 0) is 42.9 Å².